The molecule has 0 spiro atoms. The van der Waals surface area contributed by atoms with Gasteiger partial charge in [-0.3, -0.25) is 4.21 Å². The number of benzene rings is 3. The molecular formula is C18H14NaO2PS. The summed E-state index contributed by atoms with van der Waals surface area (Å²) in [5.41, 5.74) is 0. The average Bonchev–Trinajstić information content (AvgIpc) is 2.57. The monoisotopic (exact) mass is 348 g/mol. The summed E-state index contributed by atoms with van der Waals surface area (Å²) in [6, 6.07) is 27.6. The van der Waals surface area contributed by atoms with Crippen LogP contribution in [0.25, 0.3) is 0 Å². The molecule has 1 unspecified atom stereocenters. The quantitative estimate of drug-likeness (QED) is 0.369. The van der Waals surface area contributed by atoms with E-state index in [1.54, 1.807) is 12.1 Å². The van der Waals surface area contributed by atoms with Crippen molar-refractivity contribution in [3.63, 3.8) is 0 Å². The van der Waals surface area contributed by atoms with Crippen molar-refractivity contribution in [2.75, 3.05) is 0 Å². The van der Waals surface area contributed by atoms with Crippen molar-refractivity contribution < 1.29 is 38.3 Å². The van der Waals surface area contributed by atoms with E-state index in [1.807, 2.05) is 48.5 Å². The minimum Gasteiger partial charge on any atom is -0.768 e. The predicted octanol–water partition coefficient (Wildman–Crippen LogP) is -0.313. The standard InChI is InChI=1S/C18H15O2PS.Na/c19-22(20)18-13-7-12-17(14-18)21(15-8-3-1-4-9-15)16-10-5-2-6-11-16;/h1-14H,(H,19,20);/q;+1/p-1. The predicted molar refractivity (Wildman–Crippen MR) is 92.3 cm³/mol. The van der Waals surface area contributed by atoms with Gasteiger partial charge in [-0.05, 0) is 47.0 Å². The first-order chi connectivity index (χ1) is 10.8. The van der Waals surface area contributed by atoms with Crippen molar-refractivity contribution in [1.82, 2.24) is 0 Å². The summed E-state index contributed by atoms with van der Waals surface area (Å²) in [7, 11) is -0.760. The molecule has 0 aliphatic carbocycles. The van der Waals surface area contributed by atoms with Gasteiger partial charge in [0.05, 0.1) is 0 Å². The normalized spacial score (nSPS) is 11.7. The van der Waals surface area contributed by atoms with Gasteiger partial charge in [0.2, 0.25) is 0 Å². The summed E-state index contributed by atoms with van der Waals surface area (Å²) in [5, 5.41) is 3.45. The SMILES string of the molecule is O=S([O-])c1cccc(P(c2ccccc2)c2ccccc2)c1.[Na+]. The molecule has 0 saturated heterocycles. The second kappa shape index (κ2) is 8.89. The Morgan fingerprint density at radius 3 is 1.65 bits per heavy atom. The molecule has 23 heavy (non-hydrogen) atoms. The number of hydrogen-bond acceptors (Lipinski definition) is 2. The van der Waals surface area contributed by atoms with Crippen molar-refractivity contribution in [2.24, 2.45) is 0 Å². The molecule has 110 valence electrons. The van der Waals surface area contributed by atoms with Crippen LogP contribution in [0.1, 0.15) is 0 Å². The fourth-order valence-corrected chi connectivity index (χ4v) is 5.17. The van der Waals surface area contributed by atoms with Gasteiger partial charge in [0.1, 0.15) is 0 Å². The largest absolute Gasteiger partial charge is 1.00 e. The Labute approximate surface area is 162 Å². The Bertz CT molecular complexity index is 742. The van der Waals surface area contributed by atoms with Gasteiger partial charge in [-0.15, -0.1) is 0 Å². The van der Waals surface area contributed by atoms with Crippen LogP contribution in [0.5, 0.6) is 0 Å². The Balaban J connectivity index is 0.00000192. The van der Waals surface area contributed by atoms with E-state index < -0.39 is 19.0 Å². The second-order valence-corrected chi connectivity index (χ2v) is 7.90. The van der Waals surface area contributed by atoms with E-state index in [1.165, 1.54) is 10.6 Å². The Morgan fingerprint density at radius 2 is 1.17 bits per heavy atom. The van der Waals surface area contributed by atoms with E-state index in [2.05, 4.69) is 24.3 Å². The smallest absolute Gasteiger partial charge is 0.768 e. The molecule has 0 N–H and O–H groups in total. The number of hydrogen-bond donors (Lipinski definition) is 0. The molecule has 0 aliphatic heterocycles. The molecular weight excluding hydrogens is 334 g/mol. The van der Waals surface area contributed by atoms with E-state index in [-0.39, 0.29) is 29.6 Å². The Morgan fingerprint density at radius 1 is 0.696 bits per heavy atom. The minimum absolute atomic E-state index is 0. The minimum atomic E-state index is -2.21. The molecule has 3 aromatic carbocycles. The first kappa shape index (κ1) is 18.5. The molecule has 0 aliphatic rings. The van der Waals surface area contributed by atoms with E-state index in [0.717, 1.165) is 5.30 Å². The summed E-state index contributed by atoms with van der Waals surface area (Å²) < 4.78 is 22.5. The van der Waals surface area contributed by atoms with Crippen molar-refractivity contribution >= 4 is 34.9 Å². The molecule has 0 saturated carbocycles. The maximum atomic E-state index is 11.3. The van der Waals surface area contributed by atoms with Crippen LogP contribution in [-0.2, 0) is 11.1 Å². The van der Waals surface area contributed by atoms with Gasteiger partial charge in [-0.2, -0.15) is 0 Å². The maximum Gasteiger partial charge on any atom is 1.00 e. The van der Waals surface area contributed by atoms with E-state index in [9.17, 15) is 8.76 Å². The maximum absolute atomic E-state index is 11.3. The average molecular weight is 348 g/mol. The fourth-order valence-electron chi connectivity index (χ4n) is 2.33. The zero-order chi connectivity index (χ0) is 15.4. The van der Waals surface area contributed by atoms with Crippen LogP contribution in [0.2, 0.25) is 0 Å². The van der Waals surface area contributed by atoms with Crippen molar-refractivity contribution in [2.45, 2.75) is 4.90 Å². The van der Waals surface area contributed by atoms with Crippen molar-refractivity contribution in [3.8, 4) is 0 Å². The Kier molecular flexibility index (Phi) is 7.16. The van der Waals surface area contributed by atoms with Crippen LogP contribution in [-0.4, -0.2) is 8.76 Å². The number of rotatable bonds is 4. The zero-order valence-corrected chi connectivity index (χ0v) is 16.5. The van der Waals surface area contributed by atoms with Crippen LogP contribution in [0.3, 0.4) is 0 Å². The molecule has 3 aromatic rings. The van der Waals surface area contributed by atoms with E-state index in [0.29, 0.717) is 4.90 Å². The fraction of sp³-hybridized carbons (Fsp3) is 0. The summed E-state index contributed by atoms with van der Waals surface area (Å²) >= 11 is -2.21. The molecule has 0 radical (unpaired) electrons. The van der Waals surface area contributed by atoms with Gasteiger partial charge in [-0.25, -0.2) is 0 Å². The molecule has 0 bridgehead atoms. The molecule has 3 rings (SSSR count). The topological polar surface area (TPSA) is 40.1 Å². The zero-order valence-electron chi connectivity index (χ0n) is 12.8. The second-order valence-electron chi connectivity index (χ2n) is 4.74. The van der Waals surface area contributed by atoms with Gasteiger partial charge >= 0.3 is 29.6 Å². The van der Waals surface area contributed by atoms with Gasteiger partial charge in [0.25, 0.3) is 0 Å². The van der Waals surface area contributed by atoms with Crippen molar-refractivity contribution in [3.05, 3.63) is 84.9 Å². The van der Waals surface area contributed by atoms with Gasteiger partial charge < -0.3 is 4.55 Å². The van der Waals surface area contributed by atoms with Crippen LogP contribution in [0, 0.1) is 0 Å². The summed E-state index contributed by atoms with van der Waals surface area (Å²) in [5.74, 6) is 0. The Hall–Kier alpha value is -0.800. The molecule has 2 nitrogen and oxygen atoms in total. The third kappa shape index (κ3) is 4.60. The van der Waals surface area contributed by atoms with Gasteiger partial charge in [0, 0.05) is 4.90 Å². The summed E-state index contributed by atoms with van der Waals surface area (Å²) in [4.78, 5) is 0.330. The molecule has 1 atom stereocenters. The molecule has 0 amide bonds. The molecule has 0 fully saturated rings. The van der Waals surface area contributed by atoms with Crippen LogP contribution in [0.15, 0.2) is 89.8 Å². The molecule has 5 heteroatoms. The van der Waals surface area contributed by atoms with Gasteiger partial charge in [0.15, 0.2) is 0 Å². The summed E-state index contributed by atoms with van der Waals surface area (Å²) in [6.45, 7) is 0. The van der Waals surface area contributed by atoms with E-state index >= 15 is 0 Å². The first-order valence-corrected chi connectivity index (χ1v) is 9.27. The summed E-state index contributed by atoms with van der Waals surface area (Å²) in [6.07, 6.45) is 0. The first-order valence-electron chi connectivity index (χ1n) is 6.85. The van der Waals surface area contributed by atoms with Crippen molar-refractivity contribution in [1.29, 1.82) is 0 Å². The third-order valence-electron chi connectivity index (χ3n) is 3.30. The van der Waals surface area contributed by atoms with Crippen LogP contribution < -0.4 is 45.5 Å². The molecule has 0 heterocycles. The van der Waals surface area contributed by atoms with E-state index in [4.69, 9.17) is 0 Å². The molecule has 0 aromatic heterocycles. The third-order valence-corrected chi connectivity index (χ3v) is 6.36. The van der Waals surface area contributed by atoms with Crippen LogP contribution in [0.4, 0.5) is 0 Å². The van der Waals surface area contributed by atoms with Crippen LogP contribution >= 0.6 is 7.92 Å². The van der Waals surface area contributed by atoms with Gasteiger partial charge in [-0.1, -0.05) is 72.8 Å².